The van der Waals surface area contributed by atoms with Crippen LogP contribution in [0.3, 0.4) is 0 Å². The molecule has 2 aliphatic rings. The number of pyridine rings is 1. The molecular weight excluding hydrogens is 396 g/mol. The summed E-state index contributed by atoms with van der Waals surface area (Å²) < 4.78 is 13.5. The van der Waals surface area contributed by atoms with Crippen molar-refractivity contribution in [1.82, 2.24) is 14.3 Å². The van der Waals surface area contributed by atoms with Crippen LogP contribution in [0.15, 0.2) is 71.8 Å². The topological polar surface area (TPSA) is 87.4 Å². The van der Waals surface area contributed by atoms with E-state index in [1.165, 1.54) is 11.8 Å². The molecular formula is C23H22N4O4. The number of aromatic nitrogens is 3. The quantitative estimate of drug-likeness (QED) is 0.498. The third-order valence-corrected chi connectivity index (χ3v) is 4.88. The Morgan fingerprint density at radius 1 is 1.03 bits per heavy atom. The monoisotopic (exact) mass is 418 g/mol. The van der Waals surface area contributed by atoms with E-state index in [1.807, 2.05) is 24.3 Å². The van der Waals surface area contributed by atoms with Crippen molar-refractivity contribution in [3.63, 3.8) is 0 Å². The average molecular weight is 418 g/mol. The summed E-state index contributed by atoms with van der Waals surface area (Å²) in [5.41, 5.74) is 1.83. The Balaban J connectivity index is 1.82. The lowest BCUT2D eigenvalue weighted by Crippen LogP contribution is -2.18. The van der Waals surface area contributed by atoms with E-state index in [2.05, 4.69) is 10.4 Å². The average Bonchev–Trinajstić information content (AvgIpc) is 3.14. The molecule has 0 bridgehead atoms. The Kier molecular flexibility index (Phi) is 5.81. The molecule has 4 rings (SSSR count). The second kappa shape index (κ2) is 8.85. The highest BCUT2D eigenvalue weighted by Gasteiger charge is 2.25. The van der Waals surface area contributed by atoms with Crippen LogP contribution in [0, 0.1) is 0 Å². The first kappa shape index (κ1) is 20.4. The lowest BCUT2D eigenvalue weighted by molar-refractivity contribution is 0.102. The predicted molar refractivity (Wildman–Crippen MR) is 117 cm³/mol. The van der Waals surface area contributed by atoms with Gasteiger partial charge in [0.25, 0.3) is 11.5 Å². The Morgan fingerprint density at radius 3 is 2.52 bits per heavy atom. The Labute approximate surface area is 179 Å². The molecule has 0 atom stereocenters. The standard InChI is InChI=1S/C23H22N4O4/c1-30-13-12-26-14-17(22(28)24-19-10-6-7-11-20(19)31-2)21-18(15-26)23(29)27(25-21)16-8-4-3-5-9-16/h3-11,14-15H,12-13H2,1-2H3,(H,24,28). The van der Waals surface area contributed by atoms with Crippen molar-refractivity contribution in [1.29, 1.82) is 0 Å². The lowest BCUT2D eigenvalue weighted by atomic mass is 10.1. The third kappa shape index (κ3) is 4.06. The summed E-state index contributed by atoms with van der Waals surface area (Å²) in [4.78, 5) is 26.3. The Morgan fingerprint density at radius 2 is 1.77 bits per heavy atom. The maximum Gasteiger partial charge on any atom is 0.282 e. The molecule has 31 heavy (non-hydrogen) atoms. The van der Waals surface area contributed by atoms with Crippen molar-refractivity contribution in [2.75, 3.05) is 26.1 Å². The van der Waals surface area contributed by atoms with Crippen molar-refractivity contribution in [2.24, 2.45) is 0 Å². The summed E-state index contributed by atoms with van der Waals surface area (Å²) in [7, 11) is 3.14. The maximum absolute atomic E-state index is 13.2. The second-order valence-electron chi connectivity index (χ2n) is 6.87. The van der Waals surface area contributed by atoms with E-state index >= 15 is 0 Å². The normalized spacial score (nSPS) is 10.9. The minimum Gasteiger partial charge on any atom is -0.495 e. The summed E-state index contributed by atoms with van der Waals surface area (Å²) >= 11 is 0. The molecule has 8 heteroatoms. The van der Waals surface area contributed by atoms with Gasteiger partial charge >= 0.3 is 0 Å². The van der Waals surface area contributed by atoms with Gasteiger partial charge in [-0.25, -0.2) is 0 Å². The van der Waals surface area contributed by atoms with Gasteiger partial charge in [0.1, 0.15) is 11.4 Å². The van der Waals surface area contributed by atoms with Gasteiger partial charge in [-0.1, -0.05) is 30.3 Å². The molecule has 158 valence electrons. The molecule has 0 spiro atoms. The molecule has 0 saturated carbocycles. The number of benzene rings is 2. The van der Waals surface area contributed by atoms with Crippen LogP contribution in [0.2, 0.25) is 0 Å². The number of rotatable bonds is 7. The van der Waals surface area contributed by atoms with Gasteiger partial charge in [-0.3, -0.25) is 9.59 Å². The Hall–Kier alpha value is -3.91. The summed E-state index contributed by atoms with van der Waals surface area (Å²) in [5.74, 6) is 0.147. The van der Waals surface area contributed by atoms with Gasteiger partial charge in [0, 0.05) is 26.0 Å². The van der Waals surface area contributed by atoms with Crippen molar-refractivity contribution < 1.29 is 14.3 Å². The number of anilines is 1. The van der Waals surface area contributed by atoms with Crippen LogP contribution in [-0.4, -0.2) is 41.1 Å². The Bertz CT molecular complexity index is 1230. The van der Waals surface area contributed by atoms with Gasteiger partial charge in [0.05, 0.1) is 36.2 Å². The summed E-state index contributed by atoms with van der Waals surface area (Å²) in [5, 5.41) is 7.34. The molecule has 2 aromatic carbocycles. The highest BCUT2D eigenvalue weighted by atomic mass is 16.5. The van der Waals surface area contributed by atoms with Gasteiger partial charge in [-0.15, -0.1) is 0 Å². The molecule has 0 fully saturated rings. The second-order valence-corrected chi connectivity index (χ2v) is 6.87. The molecule has 0 aliphatic carbocycles. The molecule has 8 nitrogen and oxygen atoms in total. The van der Waals surface area contributed by atoms with Crippen molar-refractivity contribution in [3.05, 3.63) is 82.9 Å². The number of para-hydroxylation sites is 3. The zero-order valence-corrected chi connectivity index (χ0v) is 17.2. The van der Waals surface area contributed by atoms with E-state index in [1.54, 1.807) is 54.4 Å². The van der Waals surface area contributed by atoms with Crippen LogP contribution in [0.5, 0.6) is 5.75 Å². The first-order valence-corrected chi connectivity index (χ1v) is 9.74. The number of amides is 1. The lowest BCUT2D eigenvalue weighted by Gasteiger charge is -2.14. The minimum atomic E-state index is -0.390. The third-order valence-electron chi connectivity index (χ3n) is 4.88. The molecule has 0 saturated heterocycles. The van der Waals surface area contributed by atoms with Gasteiger partial charge in [-0.05, 0) is 24.3 Å². The number of hydrogen-bond donors (Lipinski definition) is 1. The van der Waals surface area contributed by atoms with Crippen LogP contribution < -0.4 is 15.6 Å². The number of ether oxygens (including phenoxy) is 2. The number of carbonyl (C=O) groups excluding carboxylic acids is 1. The number of carbonyl (C=O) groups is 1. The fraction of sp³-hybridized carbons (Fsp3) is 0.174. The molecule has 1 amide bonds. The summed E-state index contributed by atoms with van der Waals surface area (Å²) in [6.45, 7) is 0.919. The van der Waals surface area contributed by atoms with Crippen LogP contribution in [0.25, 0.3) is 16.9 Å². The smallest absolute Gasteiger partial charge is 0.282 e. The first-order chi connectivity index (χ1) is 15.1. The summed E-state index contributed by atoms with van der Waals surface area (Å²) in [6, 6.07) is 16.2. The van der Waals surface area contributed by atoms with Gasteiger partial charge in [0.2, 0.25) is 0 Å². The number of fused-ring (bicyclic) bond motifs is 1. The fourth-order valence-electron chi connectivity index (χ4n) is 3.33. The van der Waals surface area contributed by atoms with Crippen molar-refractivity contribution in [2.45, 2.75) is 6.54 Å². The van der Waals surface area contributed by atoms with Crippen LogP contribution in [0.1, 0.15) is 10.4 Å². The SMILES string of the molecule is COCCn1cc(C(=O)Nc2ccccc2OC)c2nn(-c3ccccc3)c(=O)c-2c1. The van der Waals surface area contributed by atoms with Crippen LogP contribution >= 0.6 is 0 Å². The fourth-order valence-corrected chi connectivity index (χ4v) is 3.33. The number of nitrogens with zero attached hydrogens (tertiary/aromatic N) is 3. The number of nitrogens with one attached hydrogen (secondary N) is 1. The molecule has 2 aromatic rings. The van der Waals surface area contributed by atoms with Crippen molar-refractivity contribution in [3.8, 4) is 22.7 Å². The largest absolute Gasteiger partial charge is 0.495 e. The summed E-state index contributed by atoms with van der Waals surface area (Å²) in [6.07, 6.45) is 3.37. The number of methoxy groups -OCH3 is 2. The van der Waals surface area contributed by atoms with Crippen LogP contribution in [-0.2, 0) is 11.3 Å². The zero-order valence-electron chi connectivity index (χ0n) is 17.2. The minimum absolute atomic E-state index is 0.284. The number of hydrogen-bond acceptors (Lipinski definition) is 5. The van der Waals surface area contributed by atoms with Gasteiger partial charge in [-0.2, -0.15) is 9.78 Å². The molecule has 2 aliphatic heterocycles. The molecule has 0 aromatic heterocycles. The first-order valence-electron chi connectivity index (χ1n) is 9.74. The molecule has 1 N–H and O–H groups in total. The molecule has 0 radical (unpaired) electrons. The molecule has 0 unspecified atom stereocenters. The molecule has 2 heterocycles. The zero-order chi connectivity index (χ0) is 21.8. The highest BCUT2D eigenvalue weighted by molar-refractivity contribution is 6.08. The van der Waals surface area contributed by atoms with Gasteiger partial charge in [0.15, 0.2) is 0 Å². The maximum atomic E-state index is 13.2. The van der Waals surface area contributed by atoms with E-state index in [0.717, 1.165) is 0 Å². The highest BCUT2D eigenvalue weighted by Crippen LogP contribution is 2.27. The predicted octanol–water partition coefficient (Wildman–Crippen LogP) is 3.05. The van der Waals surface area contributed by atoms with Gasteiger partial charge < -0.3 is 19.4 Å². The van der Waals surface area contributed by atoms with Crippen molar-refractivity contribution >= 4 is 11.6 Å². The van der Waals surface area contributed by atoms with E-state index in [4.69, 9.17) is 9.47 Å². The van der Waals surface area contributed by atoms with E-state index in [9.17, 15) is 9.59 Å². The van der Waals surface area contributed by atoms with E-state index < -0.39 is 0 Å². The van der Waals surface area contributed by atoms with Crippen LogP contribution in [0.4, 0.5) is 5.69 Å². The van der Waals surface area contributed by atoms with E-state index in [-0.39, 0.29) is 17.0 Å². The van der Waals surface area contributed by atoms with E-state index in [0.29, 0.717) is 41.5 Å².